The summed E-state index contributed by atoms with van der Waals surface area (Å²) in [5, 5.41) is 5.86. The van der Waals surface area contributed by atoms with Crippen molar-refractivity contribution in [3.05, 3.63) is 70.2 Å². The van der Waals surface area contributed by atoms with Gasteiger partial charge in [-0.1, -0.05) is 18.2 Å². The van der Waals surface area contributed by atoms with E-state index in [1.165, 1.54) is 0 Å². The van der Waals surface area contributed by atoms with Gasteiger partial charge in [0.1, 0.15) is 18.1 Å². The van der Waals surface area contributed by atoms with Crippen molar-refractivity contribution in [2.45, 2.75) is 20.5 Å². The number of hydrogen-bond acceptors (Lipinski definition) is 5. The second kappa shape index (κ2) is 8.49. The van der Waals surface area contributed by atoms with E-state index in [-0.39, 0.29) is 5.91 Å². The number of carbonyl (C=O) groups is 1. The van der Waals surface area contributed by atoms with Gasteiger partial charge in [-0.2, -0.15) is 0 Å². The Balaban J connectivity index is 1.68. The van der Waals surface area contributed by atoms with Crippen LogP contribution in [0.25, 0.3) is 0 Å². The van der Waals surface area contributed by atoms with Crippen LogP contribution in [-0.2, 0) is 6.61 Å². The first-order valence-electron chi connectivity index (χ1n) is 8.32. The smallest absolute Gasteiger partial charge is 0.255 e. The Hall–Kier alpha value is -2.86. The number of aryl methyl sites for hydroxylation is 1. The lowest BCUT2D eigenvalue weighted by Crippen LogP contribution is -2.13. The normalized spacial score (nSPS) is 10.4. The summed E-state index contributed by atoms with van der Waals surface area (Å²) in [5.41, 5.74) is 2.04. The Kier molecular flexibility index (Phi) is 5.86. The maximum Gasteiger partial charge on any atom is 0.255 e. The summed E-state index contributed by atoms with van der Waals surface area (Å²) in [6.07, 6.45) is 0. The van der Waals surface area contributed by atoms with E-state index in [0.29, 0.717) is 36.0 Å². The Morgan fingerprint density at radius 2 is 2.00 bits per heavy atom. The van der Waals surface area contributed by atoms with Gasteiger partial charge in [-0.15, -0.1) is 11.3 Å². The highest BCUT2D eigenvalue weighted by Gasteiger charge is 2.11. The highest BCUT2D eigenvalue weighted by atomic mass is 32.1. The SMILES string of the molecule is CCOc1ccccc1NC(=O)c1cccc(OCc2csc(C)n2)c1. The number of ether oxygens (including phenoxy) is 2. The fraction of sp³-hybridized carbons (Fsp3) is 0.200. The summed E-state index contributed by atoms with van der Waals surface area (Å²) < 4.78 is 11.3. The van der Waals surface area contributed by atoms with Crippen LogP contribution >= 0.6 is 11.3 Å². The Morgan fingerprint density at radius 3 is 2.77 bits per heavy atom. The number of hydrogen-bond donors (Lipinski definition) is 1. The lowest BCUT2D eigenvalue weighted by Gasteiger charge is -2.12. The summed E-state index contributed by atoms with van der Waals surface area (Å²) in [6, 6.07) is 14.5. The van der Waals surface area contributed by atoms with Crippen LogP contribution < -0.4 is 14.8 Å². The minimum absolute atomic E-state index is 0.216. The fourth-order valence-electron chi connectivity index (χ4n) is 2.40. The van der Waals surface area contributed by atoms with Gasteiger partial charge < -0.3 is 14.8 Å². The number of rotatable bonds is 7. The molecule has 0 bridgehead atoms. The van der Waals surface area contributed by atoms with Crippen LogP contribution in [0.15, 0.2) is 53.9 Å². The topological polar surface area (TPSA) is 60.5 Å². The molecule has 0 radical (unpaired) electrons. The van der Waals surface area contributed by atoms with Crippen LogP contribution in [0.2, 0.25) is 0 Å². The first kappa shape index (κ1) is 17.9. The molecule has 6 heteroatoms. The number of nitrogens with one attached hydrogen (secondary N) is 1. The average molecular weight is 368 g/mol. The Bertz CT molecular complexity index is 892. The maximum atomic E-state index is 12.6. The monoisotopic (exact) mass is 368 g/mol. The van der Waals surface area contributed by atoms with E-state index in [4.69, 9.17) is 9.47 Å². The molecule has 0 spiro atoms. The first-order valence-corrected chi connectivity index (χ1v) is 9.20. The third kappa shape index (κ3) is 4.61. The maximum absolute atomic E-state index is 12.6. The quantitative estimate of drug-likeness (QED) is 0.658. The molecule has 134 valence electrons. The molecule has 0 saturated heterocycles. The molecule has 1 aromatic heterocycles. The van der Waals surface area contributed by atoms with Crippen molar-refractivity contribution in [2.75, 3.05) is 11.9 Å². The molecule has 0 atom stereocenters. The van der Waals surface area contributed by atoms with E-state index in [1.54, 1.807) is 29.5 Å². The molecule has 26 heavy (non-hydrogen) atoms. The first-order chi connectivity index (χ1) is 12.7. The lowest BCUT2D eigenvalue weighted by atomic mass is 10.2. The standard InChI is InChI=1S/C20H20N2O3S/c1-3-24-19-10-5-4-9-18(19)22-20(23)15-7-6-8-17(11-15)25-12-16-13-26-14(2)21-16/h4-11,13H,3,12H2,1-2H3,(H,22,23). The zero-order valence-electron chi connectivity index (χ0n) is 14.7. The summed E-state index contributed by atoms with van der Waals surface area (Å²) in [4.78, 5) is 16.9. The van der Waals surface area contributed by atoms with Crippen molar-refractivity contribution in [3.63, 3.8) is 0 Å². The van der Waals surface area contributed by atoms with Gasteiger partial charge in [-0.25, -0.2) is 4.98 Å². The number of thiazole rings is 1. The molecule has 0 saturated carbocycles. The highest BCUT2D eigenvalue weighted by Crippen LogP contribution is 2.25. The van der Waals surface area contributed by atoms with Crippen molar-refractivity contribution in [1.29, 1.82) is 0 Å². The predicted octanol–water partition coefficient (Wildman–Crippen LogP) is 4.68. The zero-order chi connectivity index (χ0) is 18.4. The molecule has 1 amide bonds. The van der Waals surface area contributed by atoms with E-state index in [1.807, 2.05) is 49.6 Å². The third-order valence-electron chi connectivity index (χ3n) is 3.58. The van der Waals surface area contributed by atoms with E-state index >= 15 is 0 Å². The molecule has 1 N–H and O–H groups in total. The summed E-state index contributed by atoms with van der Waals surface area (Å²) in [5.74, 6) is 1.06. The van der Waals surface area contributed by atoms with Crippen LogP contribution in [-0.4, -0.2) is 17.5 Å². The van der Waals surface area contributed by atoms with Crippen molar-refractivity contribution < 1.29 is 14.3 Å². The van der Waals surface area contributed by atoms with Crippen LogP contribution in [0.5, 0.6) is 11.5 Å². The van der Waals surface area contributed by atoms with E-state index < -0.39 is 0 Å². The number of para-hydroxylation sites is 2. The van der Waals surface area contributed by atoms with Crippen LogP contribution in [0.1, 0.15) is 28.0 Å². The number of nitrogens with zero attached hydrogens (tertiary/aromatic N) is 1. The minimum atomic E-state index is -0.216. The van der Waals surface area contributed by atoms with Gasteiger partial charge in [0.2, 0.25) is 0 Å². The van der Waals surface area contributed by atoms with Crippen LogP contribution in [0.4, 0.5) is 5.69 Å². The molecule has 5 nitrogen and oxygen atoms in total. The van der Waals surface area contributed by atoms with E-state index in [0.717, 1.165) is 10.7 Å². The number of benzene rings is 2. The number of anilines is 1. The second-order valence-electron chi connectivity index (χ2n) is 5.56. The Morgan fingerprint density at radius 1 is 1.15 bits per heavy atom. The molecular weight excluding hydrogens is 348 g/mol. The van der Waals surface area contributed by atoms with Crippen LogP contribution in [0, 0.1) is 6.92 Å². The summed E-state index contributed by atoms with van der Waals surface area (Å²) in [7, 11) is 0. The minimum Gasteiger partial charge on any atom is -0.492 e. The van der Waals surface area contributed by atoms with E-state index in [2.05, 4.69) is 10.3 Å². The predicted molar refractivity (Wildman–Crippen MR) is 103 cm³/mol. The van der Waals surface area contributed by atoms with Gasteiger partial charge in [0, 0.05) is 10.9 Å². The number of aromatic nitrogens is 1. The largest absolute Gasteiger partial charge is 0.492 e. The fourth-order valence-corrected chi connectivity index (χ4v) is 3.00. The van der Waals surface area contributed by atoms with Gasteiger partial charge in [0.05, 0.1) is 23.0 Å². The number of carbonyl (C=O) groups excluding carboxylic acids is 1. The zero-order valence-corrected chi connectivity index (χ0v) is 15.5. The Labute approximate surface area is 156 Å². The van der Waals surface area contributed by atoms with Crippen LogP contribution in [0.3, 0.4) is 0 Å². The highest BCUT2D eigenvalue weighted by molar-refractivity contribution is 7.09. The van der Waals surface area contributed by atoms with Gasteiger partial charge in [-0.05, 0) is 44.2 Å². The molecular formula is C20H20N2O3S. The van der Waals surface area contributed by atoms with Crippen molar-refractivity contribution in [3.8, 4) is 11.5 Å². The lowest BCUT2D eigenvalue weighted by molar-refractivity contribution is 0.102. The van der Waals surface area contributed by atoms with Gasteiger partial charge in [0.25, 0.3) is 5.91 Å². The molecule has 0 unspecified atom stereocenters. The van der Waals surface area contributed by atoms with Crippen molar-refractivity contribution in [1.82, 2.24) is 4.98 Å². The second-order valence-corrected chi connectivity index (χ2v) is 6.62. The molecule has 0 aliphatic heterocycles. The molecule has 1 heterocycles. The molecule has 0 fully saturated rings. The summed E-state index contributed by atoms with van der Waals surface area (Å²) >= 11 is 1.59. The van der Waals surface area contributed by atoms with E-state index in [9.17, 15) is 4.79 Å². The molecule has 0 aliphatic rings. The molecule has 2 aromatic carbocycles. The van der Waals surface area contributed by atoms with Gasteiger partial charge in [-0.3, -0.25) is 4.79 Å². The van der Waals surface area contributed by atoms with Gasteiger partial charge in [0.15, 0.2) is 0 Å². The third-order valence-corrected chi connectivity index (χ3v) is 4.41. The van der Waals surface area contributed by atoms with Crippen molar-refractivity contribution in [2.24, 2.45) is 0 Å². The summed E-state index contributed by atoms with van der Waals surface area (Å²) in [6.45, 7) is 4.78. The number of amides is 1. The molecule has 0 aliphatic carbocycles. The molecule has 3 rings (SSSR count). The van der Waals surface area contributed by atoms with Gasteiger partial charge >= 0.3 is 0 Å². The average Bonchev–Trinajstić information content (AvgIpc) is 3.07. The molecule has 3 aromatic rings. The van der Waals surface area contributed by atoms with Crippen molar-refractivity contribution >= 4 is 22.9 Å².